The average Bonchev–Trinajstić information content (AvgIpc) is 2.59. The van der Waals surface area contributed by atoms with Gasteiger partial charge in [0.05, 0.1) is 23.4 Å². The van der Waals surface area contributed by atoms with Crippen molar-refractivity contribution >= 4 is 23.0 Å². The van der Waals surface area contributed by atoms with Crippen LogP contribution in [0.4, 0.5) is 4.39 Å². The SMILES string of the molecule is O=C(Cn1cnc2ccccc2c1=O)N/N=C\c1ccc(F)cc1. The molecule has 0 radical (unpaired) electrons. The first-order chi connectivity index (χ1) is 11.6. The van der Waals surface area contributed by atoms with E-state index in [4.69, 9.17) is 0 Å². The molecule has 7 heteroatoms. The molecule has 0 fully saturated rings. The van der Waals surface area contributed by atoms with E-state index in [2.05, 4.69) is 15.5 Å². The van der Waals surface area contributed by atoms with Crippen LogP contribution < -0.4 is 11.0 Å². The van der Waals surface area contributed by atoms with Crippen LogP contribution in [-0.2, 0) is 11.3 Å². The number of halogens is 1. The van der Waals surface area contributed by atoms with Crippen LogP contribution in [0.2, 0.25) is 0 Å². The van der Waals surface area contributed by atoms with Gasteiger partial charge < -0.3 is 0 Å². The number of carbonyl (C=O) groups is 1. The molecule has 0 aliphatic rings. The Morgan fingerprint density at radius 3 is 2.75 bits per heavy atom. The van der Waals surface area contributed by atoms with Gasteiger partial charge in [-0.25, -0.2) is 14.8 Å². The number of nitrogens with zero attached hydrogens (tertiary/aromatic N) is 3. The fraction of sp³-hybridized carbons (Fsp3) is 0.0588. The number of hydrogen-bond donors (Lipinski definition) is 1. The second-order valence-corrected chi connectivity index (χ2v) is 5.04. The molecule has 0 aliphatic heterocycles. The zero-order valence-corrected chi connectivity index (χ0v) is 12.5. The molecule has 0 saturated heterocycles. The van der Waals surface area contributed by atoms with Crippen LogP contribution in [0.15, 0.2) is 64.8 Å². The highest BCUT2D eigenvalue weighted by Crippen LogP contribution is 2.04. The maximum atomic E-state index is 12.8. The molecule has 0 unspecified atom stereocenters. The normalized spacial score (nSPS) is 11.0. The number of amides is 1. The Kier molecular flexibility index (Phi) is 4.42. The lowest BCUT2D eigenvalue weighted by atomic mass is 10.2. The Morgan fingerprint density at radius 2 is 1.96 bits per heavy atom. The number of hydrogen-bond acceptors (Lipinski definition) is 4. The van der Waals surface area contributed by atoms with Gasteiger partial charge in [0, 0.05) is 0 Å². The monoisotopic (exact) mass is 324 g/mol. The number of carbonyl (C=O) groups excluding carboxylic acids is 1. The standard InChI is InChI=1S/C17H13FN4O2/c18-13-7-5-12(6-8-13)9-20-21-16(23)10-22-11-19-15-4-2-1-3-14(15)17(22)24/h1-9,11H,10H2,(H,21,23)/b20-9-. The zero-order valence-electron chi connectivity index (χ0n) is 12.5. The van der Waals surface area contributed by atoms with Crippen LogP contribution >= 0.6 is 0 Å². The number of nitrogens with one attached hydrogen (secondary N) is 1. The first-order valence-corrected chi connectivity index (χ1v) is 7.15. The first-order valence-electron chi connectivity index (χ1n) is 7.15. The van der Waals surface area contributed by atoms with E-state index in [-0.39, 0.29) is 17.9 Å². The Labute approximate surface area is 136 Å². The molecular weight excluding hydrogens is 311 g/mol. The Balaban J connectivity index is 1.68. The Bertz CT molecular complexity index is 964. The molecule has 24 heavy (non-hydrogen) atoms. The molecule has 120 valence electrons. The van der Waals surface area contributed by atoms with Gasteiger partial charge in [-0.3, -0.25) is 14.2 Å². The van der Waals surface area contributed by atoms with Crippen molar-refractivity contribution in [2.75, 3.05) is 0 Å². The summed E-state index contributed by atoms with van der Waals surface area (Å²) in [4.78, 5) is 28.3. The largest absolute Gasteiger partial charge is 0.289 e. The first kappa shape index (κ1) is 15.5. The van der Waals surface area contributed by atoms with Crippen molar-refractivity contribution in [1.29, 1.82) is 0 Å². The van der Waals surface area contributed by atoms with E-state index in [1.165, 1.54) is 41.4 Å². The van der Waals surface area contributed by atoms with Crippen LogP contribution in [0.1, 0.15) is 5.56 Å². The van der Waals surface area contributed by atoms with E-state index in [1.807, 2.05) is 0 Å². The second-order valence-electron chi connectivity index (χ2n) is 5.04. The number of para-hydroxylation sites is 1. The summed E-state index contributed by atoms with van der Waals surface area (Å²) < 4.78 is 14.0. The fourth-order valence-corrected chi connectivity index (χ4v) is 2.14. The Hall–Kier alpha value is -3.35. The highest BCUT2D eigenvalue weighted by molar-refractivity contribution is 5.82. The summed E-state index contributed by atoms with van der Waals surface area (Å²) in [6, 6.07) is 12.6. The van der Waals surface area contributed by atoms with E-state index < -0.39 is 5.91 Å². The summed E-state index contributed by atoms with van der Waals surface area (Å²) in [5.41, 5.74) is 3.24. The molecule has 0 atom stereocenters. The number of benzene rings is 2. The van der Waals surface area contributed by atoms with Gasteiger partial charge in [-0.05, 0) is 29.8 Å². The fourth-order valence-electron chi connectivity index (χ4n) is 2.14. The van der Waals surface area contributed by atoms with Gasteiger partial charge in [-0.2, -0.15) is 5.10 Å². The van der Waals surface area contributed by atoms with Crippen molar-refractivity contribution < 1.29 is 9.18 Å². The predicted octanol–water partition coefficient (Wildman–Crippen LogP) is 1.69. The van der Waals surface area contributed by atoms with E-state index in [0.717, 1.165) is 0 Å². The van der Waals surface area contributed by atoms with E-state index in [9.17, 15) is 14.0 Å². The lowest BCUT2D eigenvalue weighted by molar-refractivity contribution is -0.121. The summed E-state index contributed by atoms with van der Waals surface area (Å²) in [7, 11) is 0. The van der Waals surface area contributed by atoms with Crippen LogP contribution in [0.25, 0.3) is 10.9 Å². The van der Waals surface area contributed by atoms with Crippen LogP contribution in [-0.4, -0.2) is 21.7 Å². The minimum atomic E-state index is -0.465. The summed E-state index contributed by atoms with van der Waals surface area (Å²) in [6.45, 7) is -0.197. The molecule has 6 nitrogen and oxygen atoms in total. The minimum Gasteiger partial charge on any atom is -0.289 e. The van der Waals surface area contributed by atoms with Gasteiger partial charge >= 0.3 is 0 Å². The molecule has 2 aromatic carbocycles. The molecule has 3 rings (SSSR count). The Morgan fingerprint density at radius 1 is 1.21 bits per heavy atom. The van der Waals surface area contributed by atoms with Crippen LogP contribution in [0.5, 0.6) is 0 Å². The molecule has 0 aliphatic carbocycles. The third-order valence-corrected chi connectivity index (χ3v) is 3.32. The zero-order chi connectivity index (χ0) is 16.9. The van der Waals surface area contributed by atoms with E-state index >= 15 is 0 Å². The number of rotatable bonds is 4. The van der Waals surface area contributed by atoms with Gasteiger partial charge in [0.15, 0.2) is 0 Å². The molecule has 0 bridgehead atoms. The summed E-state index contributed by atoms with van der Waals surface area (Å²) in [6.07, 6.45) is 2.71. The lowest BCUT2D eigenvalue weighted by Gasteiger charge is -2.05. The minimum absolute atomic E-state index is 0.197. The maximum Gasteiger partial charge on any atom is 0.261 e. The maximum absolute atomic E-state index is 12.8. The molecule has 1 amide bonds. The molecule has 0 saturated carbocycles. The summed E-state index contributed by atoms with van der Waals surface area (Å²) in [5, 5.41) is 4.22. The molecule has 1 heterocycles. The molecule has 1 aromatic heterocycles. The highest BCUT2D eigenvalue weighted by atomic mass is 19.1. The number of aromatic nitrogens is 2. The van der Waals surface area contributed by atoms with Gasteiger partial charge in [0.2, 0.25) is 0 Å². The molecule has 0 spiro atoms. The van der Waals surface area contributed by atoms with Crippen molar-refractivity contribution in [2.45, 2.75) is 6.54 Å². The van der Waals surface area contributed by atoms with Gasteiger partial charge in [-0.1, -0.05) is 24.3 Å². The topological polar surface area (TPSA) is 76.3 Å². The highest BCUT2D eigenvalue weighted by Gasteiger charge is 2.07. The van der Waals surface area contributed by atoms with Crippen molar-refractivity contribution in [1.82, 2.24) is 15.0 Å². The van der Waals surface area contributed by atoms with E-state index in [1.54, 1.807) is 24.3 Å². The average molecular weight is 324 g/mol. The number of fused-ring (bicyclic) bond motifs is 1. The smallest absolute Gasteiger partial charge is 0.261 e. The third-order valence-electron chi connectivity index (χ3n) is 3.32. The summed E-state index contributed by atoms with van der Waals surface area (Å²) in [5.74, 6) is -0.813. The molecular formula is C17H13FN4O2. The van der Waals surface area contributed by atoms with Gasteiger partial charge in [-0.15, -0.1) is 0 Å². The predicted molar refractivity (Wildman–Crippen MR) is 88.1 cm³/mol. The second kappa shape index (κ2) is 6.82. The molecule has 1 N–H and O–H groups in total. The van der Waals surface area contributed by atoms with Crippen molar-refractivity contribution in [3.63, 3.8) is 0 Å². The lowest BCUT2D eigenvalue weighted by Crippen LogP contribution is -2.30. The third kappa shape index (κ3) is 3.52. The van der Waals surface area contributed by atoms with Gasteiger partial charge in [0.25, 0.3) is 11.5 Å². The van der Waals surface area contributed by atoms with Gasteiger partial charge in [0.1, 0.15) is 12.4 Å². The van der Waals surface area contributed by atoms with Crippen LogP contribution in [0, 0.1) is 5.82 Å². The van der Waals surface area contributed by atoms with Crippen LogP contribution in [0.3, 0.4) is 0 Å². The van der Waals surface area contributed by atoms with Crippen molar-refractivity contribution in [2.24, 2.45) is 5.10 Å². The van der Waals surface area contributed by atoms with Crippen molar-refractivity contribution in [3.05, 3.63) is 76.6 Å². The molecule has 3 aromatic rings. The van der Waals surface area contributed by atoms with Crippen molar-refractivity contribution in [3.8, 4) is 0 Å². The number of hydrazone groups is 1. The summed E-state index contributed by atoms with van der Waals surface area (Å²) >= 11 is 0. The van der Waals surface area contributed by atoms with E-state index in [0.29, 0.717) is 16.5 Å². The quantitative estimate of drug-likeness (QED) is 0.586.